The maximum atomic E-state index is 13.1. The second-order valence-electron chi connectivity index (χ2n) is 7.89. The molecule has 2 aromatic carbocycles. The van der Waals surface area contributed by atoms with Crippen LogP contribution in [0.3, 0.4) is 0 Å². The van der Waals surface area contributed by atoms with Gasteiger partial charge in [0.25, 0.3) is 5.91 Å². The first-order valence-corrected chi connectivity index (χ1v) is 10.2. The number of halogens is 3. The van der Waals surface area contributed by atoms with Gasteiger partial charge in [0.2, 0.25) is 0 Å². The summed E-state index contributed by atoms with van der Waals surface area (Å²) in [5, 5.41) is 10.3. The molecule has 0 aromatic heterocycles. The summed E-state index contributed by atoms with van der Waals surface area (Å²) in [5.74, 6) is 0.0233. The van der Waals surface area contributed by atoms with Crippen LogP contribution in [0.4, 0.5) is 18.9 Å². The number of benzene rings is 2. The fraction of sp³-hybridized carbons (Fsp3) is 0.435. The Labute approximate surface area is 180 Å². The molecular formula is C23H27F3N2O3. The standard InChI is InChI=1S/C23H27F3N2O3/c1-16-5-10-21(28-11-3-4-12-28)20(13-16)22(30)27(2)14-18(29)15-31-19-8-6-17(7-9-19)23(24,25)26/h5-10,13,18,29H,3-4,11-12,14-15H2,1-2H3/t18-/m1/s1. The smallest absolute Gasteiger partial charge is 0.416 e. The van der Waals surface area contributed by atoms with E-state index < -0.39 is 17.8 Å². The average Bonchev–Trinajstić information content (AvgIpc) is 3.26. The number of aryl methyl sites for hydroxylation is 1. The highest BCUT2D eigenvalue weighted by Crippen LogP contribution is 2.30. The van der Waals surface area contributed by atoms with Crippen LogP contribution in [0.5, 0.6) is 5.75 Å². The number of anilines is 1. The molecule has 1 N–H and O–H groups in total. The number of carbonyl (C=O) groups excluding carboxylic acids is 1. The Balaban J connectivity index is 1.59. The number of amides is 1. The summed E-state index contributed by atoms with van der Waals surface area (Å²) in [6.07, 6.45) is -3.21. The summed E-state index contributed by atoms with van der Waals surface area (Å²) in [6, 6.07) is 10.1. The van der Waals surface area contributed by atoms with Gasteiger partial charge in [-0.1, -0.05) is 11.6 Å². The predicted molar refractivity (Wildman–Crippen MR) is 113 cm³/mol. The second kappa shape index (κ2) is 9.60. The fourth-order valence-electron chi connectivity index (χ4n) is 3.64. The molecule has 1 aliphatic heterocycles. The van der Waals surface area contributed by atoms with Gasteiger partial charge in [0.1, 0.15) is 18.5 Å². The topological polar surface area (TPSA) is 53.0 Å². The lowest BCUT2D eigenvalue weighted by Gasteiger charge is -2.26. The fourth-order valence-corrected chi connectivity index (χ4v) is 3.64. The lowest BCUT2D eigenvalue weighted by atomic mass is 10.1. The summed E-state index contributed by atoms with van der Waals surface area (Å²) in [4.78, 5) is 16.7. The first kappa shape index (κ1) is 22.9. The van der Waals surface area contributed by atoms with Crippen molar-refractivity contribution in [3.8, 4) is 5.75 Å². The van der Waals surface area contributed by atoms with Crippen molar-refractivity contribution in [1.29, 1.82) is 0 Å². The Bertz CT molecular complexity index is 894. The van der Waals surface area contributed by atoms with E-state index in [1.807, 2.05) is 25.1 Å². The van der Waals surface area contributed by atoms with Gasteiger partial charge in [-0.15, -0.1) is 0 Å². The van der Waals surface area contributed by atoms with Crippen molar-refractivity contribution < 1.29 is 27.8 Å². The van der Waals surface area contributed by atoms with Gasteiger partial charge in [-0.3, -0.25) is 4.79 Å². The molecule has 31 heavy (non-hydrogen) atoms. The van der Waals surface area contributed by atoms with E-state index in [0.29, 0.717) is 5.56 Å². The van der Waals surface area contributed by atoms with E-state index in [4.69, 9.17) is 4.74 Å². The van der Waals surface area contributed by atoms with Crippen LogP contribution in [0.2, 0.25) is 0 Å². The summed E-state index contributed by atoms with van der Waals surface area (Å²) >= 11 is 0. The van der Waals surface area contributed by atoms with Gasteiger partial charge in [0, 0.05) is 32.4 Å². The molecule has 1 amide bonds. The summed E-state index contributed by atoms with van der Waals surface area (Å²) < 4.78 is 43.3. The molecule has 0 saturated carbocycles. The normalized spacial score (nSPS) is 15.1. The third-order valence-electron chi connectivity index (χ3n) is 5.28. The zero-order valence-electron chi connectivity index (χ0n) is 17.7. The second-order valence-corrected chi connectivity index (χ2v) is 7.89. The zero-order valence-corrected chi connectivity index (χ0v) is 17.7. The number of aliphatic hydroxyl groups is 1. The van der Waals surface area contributed by atoms with Crippen LogP contribution >= 0.6 is 0 Å². The van der Waals surface area contributed by atoms with Crippen molar-refractivity contribution in [2.45, 2.75) is 32.0 Å². The minimum absolute atomic E-state index is 0.0346. The Morgan fingerprint density at radius 2 is 1.81 bits per heavy atom. The molecule has 1 saturated heterocycles. The van der Waals surface area contributed by atoms with Gasteiger partial charge in [-0.2, -0.15) is 13.2 Å². The Kier molecular flexibility index (Phi) is 7.10. The van der Waals surface area contributed by atoms with E-state index >= 15 is 0 Å². The van der Waals surface area contributed by atoms with Crippen molar-refractivity contribution in [2.75, 3.05) is 38.2 Å². The third kappa shape index (κ3) is 5.91. The molecular weight excluding hydrogens is 409 g/mol. The molecule has 0 radical (unpaired) electrons. The van der Waals surface area contributed by atoms with Crippen LogP contribution in [-0.2, 0) is 6.18 Å². The minimum Gasteiger partial charge on any atom is -0.491 e. The van der Waals surface area contributed by atoms with Crippen LogP contribution in [0, 0.1) is 6.92 Å². The average molecular weight is 436 g/mol. The van der Waals surface area contributed by atoms with E-state index in [1.54, 1.807) is 7.05 Å². The number of ether oxygens (including phenoxy) is 1. The van der Waals surface area contributed by atoms with Crippen LogP contribution in [0.25, 0.3) is 0 Å². The van der Waals surface area contributed by atoms with E-state index in [-0.39, 0.29) is 24.8 Å². The molecule has 1 fully saturated rings. The molecule has 0 spiro atoms. The van der Waals surface area contributed by atoms with Gasteiger partial charge in [0.05, 0.1) is 11.1 Å². The number of nitrogens with zero attached hydrogens (tertiary/aromatic N) is 2. The summed E-state index contributed by atoms with van der Waals surface area (Å²) in [6.45, 7) is 3.65. The molecule has 8 heteroatoms. The molecule has 0 aliphatic carbocycles. The van der Waals surface area contributed by atoms with Crippen molar-refractivity contribution in [3.63, 3.8) is 0 Å². The lowest BCUT2D eigenvalue weighted by molar-refractivity contribution is -0.137. The summed E-state index contributed by atoms with van der Waals surface area (Å²) in [5.41, 5.74) is 1.71. The lowest BCUT2D eigenvalue weighted by Crippen LogP contribution is -2.37. The van der Waals surface area contributed by atoms with Crippen LogP contribution in [-0.4, -0.2) is 55.3 Å². The number of hydrogen-bond donors (Lipinski definition) is 1. The predicted octanol–water partition coefficient (Wildman–Crippen LogP) is 4.13. The highest BCUT2D eigenvalue weighted by molar-refractivity contribution is 6.00. The number of hydrogen-bond acceptors (Lipinski definition) is 4. The third-order valence-corrected chi connectivity index (χ3v) is 5.28. The van der Waals surface area contributed by atoms with Gasteiger partial charge >= 0.3 is 6.18 Å². The van der Waals surface area contributed by atoms with Crippen molar-refractivity contribution in [1.82, 2.24) is 4.90 Å². The molecule has 1 heterocycles. The molecule has 0 unspecified atom stereocenters. The molecule has 2 aromatic rings. The number of likely N-dealkylation sites (N-methyl/N-ethyl adjacent to an activating group) is 1. The highest BCUT2D eigenvalue weighted by atomic mass is 19.4. The maximum Gasteiger partial charge on any atom is 0.416 e. The largest absolute Gasteiger partial charge is 0.491 e. The number of rotatable bonds is 7. The van der Waals surface area contributed by atoms with Gasteiger partial charge in [-0.25, -0.2) is 0 Å². The SMILES string of the molecule is Cc1ccc(N2CCCC2)c(C(=O)N(C)C[C@@H](O)COc2ccc(C(F)(F)F)cc2)c1. The van der Waals surface area contributed by atoms with E-state index in [1.165, 1.54) is 17.0 Å². The molecule has 0 bridgehead atoms. The van der Waals surface area contributed by atoms with Crippen molar-refractivity contribution >= 4 is 11.6 Å². The van der Waals surface area contributed by atoms with Crippen molar-refractivity contribution in [3.05, 3.63) is 59.2 Å². The Hall–Kier alpha value is -2.74. The molecule has 1 atom stereocenters. The van der Waals surface area contributed by atoms with Crippen LogP contribution in [0.1, 0.15) is 34.3 Å². The quantitative estimate of drug-likeness (QED) is 0.709. The van der Waals surface area contributed by atoms with Gasteiger partial charge in [0.15, 0.2) is 0 Å². The highest BCUT2D eigenvalue weighted by Gasteiger charge is 2.30. The zero-order chi connectivity index (χ0) is 22.6. The number of alkyl halides is 3. The van der Waals surface area contributed by atoms with E-state index in [2.05, 4.69) is 4.90 Å². The minimum atomic E-state index is -4.41. The maximum absolute atomic E-state index is 13.1. The first-order valence-electron chi connectivity index (χ1n) is 10.2. The molecule has 5 nitrogen and oxygen atoms in total. The van der Waals surface area contributed by atoms with Crippen molar-refractivity contribution in [2.24, 2.45) is 0 Å². The van der Waals surface area contributed by atoms with E-state index in [0.717, 1.165) is 49.3 Å². The molecule has 168 valence electrons. The van der Waals surface area contributed by atoms with Crippen LogP contribution < -0.4 is 9.64 Å². The molecule has 1 aliphatic rings. The molecule has 3 rings (SSSR count). The van der Waals surface area contributed by atoms with Gasteiger partial charge < -0.3 is 19.6 Å². The van der Waals surface area contributed by atoms with Gasteiger partial charge in [-0.05, 0) is 56.2 Å². The van der Waals surface area contributed by atoms with Crippen LogP contribution in [0.15, 0.2) is 42.5 Å². The summed E-state index contributed by atoms with van der Waals surface area (Å²) in [7, 11) is 1.61. The Morgan fingerprint density at radius 3 is 2.42 bits per heavy atom. The first-order chi connectivity index (χ1) is 14.6. The monoisotopic (exact) mass is 436 g/mol. The Morgan fingerprint density at radius 1 is 1.16 bits per heavy atom. The number of aliphatic hydroxyl groups excluding tert-OH is 1. The number of carbonyl (C=O) groups is 1. The van der Waals surface area contributed by atoms with E-state index in [9.17, 15) is 23.1 Å².